The molecule has 0 aliphatic carbocycles. The van der Waals surface area contributed by atoms with Crippen molar-refractivity contribution in [2.24, 2.45) is 0 Å². The van der Waals surface area contributed by atoms with Crippen LogP contribution in [-0.4, -0.2) is 22.5 Å². The number of carboxylic acids is 1. The van der Waals surface area contributed by atoms with Crippen molar-refractivity contribution in [1.82, 2.24) is 4.90 Å². The summed E-state index contributed by atoms with van der Waals surface area (Å²) < 4.78 is 0. The van der Waals surface area contributed by atoms with Gasteiger partial charge in [-0.25, -0.2) is 0 Å². The van der Waals surface area contributed by atoms with Crippen molar-refractivity contribution >= 4 is 5.97 Å². The molecule has 3 heteroatoms. The Morgan fingerprint density at radius 1 is 1.23 bits per heavy atom. The van der Waals surface area contributed by atoms with Gasteiger partial charge in [0.15, 0.2) is 0 Å². The fraction of sp³-hybridized carbons (Fsp3) is 0.500. The second-order valence-electron chi connectivity index (χ2n) is 2.65. The van der Waals surface area contributed by atoms with E-state index in [1.807, 2.05) is 26.0 Å². The van der Waals surface area contributed by atoms with E-state index in [0.717, 1.165) is 12.8 Å². The fourth-order valence-electron chi connectivity index (χ4n) is 0.793. The van der Waals surface area contributed by atoms with Crippen LogP contribution in [0.2, 0.25) is 0 Å². The second kappa shape index (κ2) is 7.40. The Labute approximate surface area is 79.4 Å². The Bertz CT molecular complexity index is 183. The van der Waals surface area contributed by atoms with Crippen molar-refractivity contribution in [3.63, 3.8) is 0 Å². The zero-order chi connectivity index (χ0) is 10.1. The smallest absolute Gasteiger partial charge is 0.323 e. The summed E-state index contributed by atoms with van der Waals surface area (Å²) in [5.41, 5.74) is 0. The van der Waals surface area contributed by atoms with Crippen molar-refractivity contribution in [2.75, 3.05) is 6.54 Å². The van der Waals surface area contributed by atoms with Gasteiger partial charge in [0, 0.05) is 12.4 Å². The van der Waals surface area contributed by atoms with Crippen LogP contribution in [0.15, 0.2) is 24.6 Å². The quantitative estimate of drug-likeness (QED) is 0.686. The van der Waals surface area contributed by atoms with Crippen LogP contribution in [-0.2, 0) is 4.79 Å². The molecule has 0 rings (SSSR count). The number of allylic oxidation sites excluding steroid dienone is 2. The highest BCUT2D eigenvalue weighted by atomic mass is 16.4. The zero-order valence-corrected chi connectivity index (χ0v) is 8.23. The first-order valence-corrected chi connectivity index (χ1v) is 4.51. The number of hydrogen-bond acceptors (Lipinski definition) is 2. The second-order valence-corrected chi connectivity index (χ2v) is 2.65. The molecule has 0 unspecified atom stereocenters. The molecule has 0 spiro atoms. The molecule has 0 bridgehead atoms. The maximum Gasteiger partial charge on any atom is 0.323 e. The standard InChI is InChI=1S/C10H17NO2/c1-3-5-7-11(8-6-4-2)9-10(12)13/h5-8H,3-4,9H2,1-2H3,(H,12,13). The number of aliphatic carboxylic acids is 1. The average Bonchev–Trinajstić information content (AvgIpc) is 2.09. The highest BCUT2D eigenvalue weighted by Crippen LogP contribution is 1.94. The van der Waals surface area contributed by atoms with Crippen molar-refractivity contribution in [1.29, 1.82) is 0 Å². The molecule has 13 heavy (non-hydrogen) atoms. The van der Waals surface area contributed by atoms with E-state index < -0.39 is 5.97 Å². The molecule has 3 nitrogen and oxygen atoms in total. The maximum atomic E-state index is 10.4. The van der Waals surface area contributed by atoms with Crippen molar-refractivity contribution in [3.8, 4) is 0 Å². The van der Waals surface area contributed by atoms with Gasteiger partial charge in [0.05, 0.1) is 0 Å². The van der Waals surface area contributed by atoms with Crippen LogP contribution in [0.3, 0.4) is 0 Å². The first-order chi connectivity index (χ1) is 6.20. The Morgan fingerprint density at radius 3 is 2.00 bits per heavy atom. The molecule has 0 saturated carbocycles. The van der Waals surface area contributed by atoms with Gasteiger partial charge in [-0.2, -0.15) is 0 Å². The number of nitrogens with zero attached hydrogens (tertiary/aromatic N) is 1. The van der Waals surface area contributed by atoms with Gasteiger partial charge >= 0.3 is 5.97 Å². The van der Waals surface area contributed by atoms with E-state index in [1.54, 1.807) is 17.3 Å². The van der Waals surface area contributed by atoms with Crippen LogP contribution in [0.5, 0.6) is 0 Å². The van der Waals surface area contributed by atoms with E-state index in [2.05, 4.69) is 0 Å². The normalized spacial score (nSPS) is 11.2. The Kier molecular flexibility index (Phi) is 6.69. The van der Waals surface area contributed by atoms with E-state index in [-0.39, 0.29) is 6.54 Å². The summed E-state index contributed by atoms with van der Waals surface area (Å²) in [6.07, 6.45) is 9.28. The van der Waals surface area contributed by atoms with Crippen LogP contribution in [0, 0.1) is 0 Å². The summed E-state index contributed by atoms with van der Waals surface area (Å²) in [5.74, 6) is -0.818. The van der Waals surface area contributed by atoms with Gasteiger partial charge in [-0.3, -0.25) is 4.79 Å². The molecule has 0 radical (unpaired) electrons. The van der Waals surface area contributed by atoms with E-state index >= 15 is 0 Å². The number of carboxylic acid groups (broad SMARTS) is 1. The predicted molar refractivity (Wildman–Crippen MR) is 53.2 cm³/mol. The molecule has 0 heterocycles. The van der Waals surface area contributed by atoms with Gasteiger partial charge in [-0.15, -0.1) is 0 Å². The fourth-order valence-corrected chi connectivity index (χ4v) is 0.793. The number of hydrogen-bond donors (Lipinski definition) is 1. The highest BCUT2D eigenvalue weighted by Gasteiger charge is 1.99. The van der Waals surface area contributed by atoms with E-state index in [0.29, 0.717) is 0 Å². The Hall–Kier alpha value is -1.25. The third kappa shape index (κ3) is 7.12. The van der Waals surface area contributed by atoms with E-state index in [9.17, 15) is 4.79 Å². The maximum absolute atomic E-state index is 10.4. The summed E-state index contributed by atoms with van der Waals surface area (Å²) in [6, 6.07) is 0. The van der Waals surface area contributed by atoms with Crippen molar-refractivity contribution in [3.05, 3.63) is 24.6 Å². The minimum Gasteiger partial charge on any atom is -0.480 e. The summed E-state index contributed by atoms with van der Waals surface area (Å²) in [6.45, 7) is 4.05. The van der Waals surface area contributed by atoms with Crippen LogP contribution in [0.4, 0.5) is 0 Å². The van der Waals surface area contributed by atoms with Crippen LogP contribution >= 0.6 is 0 Å². The summed E-state index contributed by atoms with van der Waals surface area (Å²) in [4.78, 5) is 12.1. The molecule has 0 aliphatic rings. The lowest BCUT2D eigenvalue weighted by Gasteiger charge is -2.11. The van der Waals surface area contributed by atoms with Gasteiger partial charge < -0.3 is 10.0 Å². The molecule has 0 amide bonds. The minimum absolute atomic E-state index is 0.0208. The molecule has 1 N–H and O–H groups in total. The topological polar surface area (TPSA) is 40.5 Å². The van der Waals surface area contributed by atoms with E-state index in [4.69, 9.17) is 5.11 Å². The number of rotatable bonds is 6. The molecular formula is C10H17NO2. The van der Waals surface area contributed by atoms with Crippen LogP contribution < -0.4 is 0 Å². The first kappa shape index (κ1) is 11.8. The van der Waals surface area contributed by atoms with E-state index in [1.165, 1.54) is 0 Å². The first-order valence-electron chi connectivity index (χ1n) is 4.51. The Balaban J connectivity index is 4.10. The molecule has 0 aromatic carbocycles. The lowest BCUT2D eigenvalue weighted by atomic mass is 10.4. The predicted octanol–water partition coefficient (Wildman–Crippen LogP) is 2.22. The van der Waals surface area contributed by atoms with Gasteiger partial charge in [0.2, 0.25) is 0 Å². The molecule has 0 aliphatic heterocycles. The zero-order valence-electron chi connectivity index (χ0n) is 8.23. The molecule has 0 aromatic heterocycles. The van der Waals surface area contributed by atoms with Crippen LogP contribution in [0.1, 0.15) is 26.7 Å². The lowest BCUT2D eigenvalue weighted by molar-refractivity contribution is -0.137. The summed E-state index contributed by atoms with van der Waals surface area (Å²) >= 11 is 0. The highest BCUT2D eigenvalue weighted by molar-refractivity contribution is 5.69. The third-order valence-electron chi connectivity index (χ3n) is 1.38. The molecule has 0 fully saturated rings. The SMILES string of the molecule is CCC=CN(C=CCC)CC(=O)O. The molecule has 74 valence electrons. The summed E-state index contributed by atoms with van der Waals surface area (Å²) in [7, 11) is 0. The van der Waals surface area contributed by atoms with Gasteiger partial charge in [-0.05, 0) is 12.8 Å². The third-order valence-corrected chi connectivity index (χ3v) is 1.38. The molecular weight excluding hydrogens is 166 g/mol. The van der Waals surface area contributed by atoms with Crippen molar-refractivity contribution in [2.45, 2.75) is 26.7 Å². The van der Waals surface area contributed by atoms with Crippen molar-refractivity contribution < 1.29 is 9.90 Å². The summed E-state index contributed by atoms with van der Waals surface area (Å²) in [5, 5.41) is 8.57. The minimum atomic E-state index is -0.818. The largest absolute Gasteiger partial charge is 0.480 e. The molecule has 0 atom stereocenters. The lowest BCUT2D eigenvalue weighted by Crippen LogP contribution is -2.19. The number of carbonyl (C=O) groups is 1. The Morgan fingerprint density at radius 2 is 1.69 bits per heavy atom. The molecule has 0 saturated heterocycles. The average molecular weight is 183 g/mol. The van der Waals surface area contributed by atoms with Gasteiger partial charge in [0.25, 0.3) is 0 Å². The van der Waals surface area contributed by atoms with Gasteiger partial charge in [0.1, 0.15) is 6.54 Å². The van der Waals surface area contributed by atoms with Gasteiger partial charge in [-0.1, -0.05) is 26.0 Å². The van der Waals surface area contributed by atoms with Crippen LogP contribution in [0.25, 0.3) is 0 Å². The monoisotopic (exact) mass is 183 g/mol. The molecule has 0 aromatic rings.